The van der Waals surface area contributed by atoms with E-state index in [2.05, 4.69) is 21.2 Å². The predicted molar refractivity (Wildman–Crippen MR) is 119 cm³/mol. The predicted octanol–water partition coefficient (Wildman–Crippen LogP) is 1.94. The molecule has 0 aliphatic heterocycles. The number of nitrogens with one attached hydrogen (secondary N) is 3. The number of hydrogen-bond acceptors (Lipinski definition) is 7. The molecule has 2 aromatic carbocycles. The molecule has 13 heteroatoms. The van der Waals surface area contributed by atoms with Crippen molar-refractivity contribution in [2.45, 2.75) is 6.18 Å². The molecule has 10 nitrogen and oxygen atoms in total. The second-order valence-electron chi connectivity index (χ2n) is 6.74. The highest BCUT2D eigenvalue weighted by Crippen LogP contribution is 2.34. The van der Waals surface area contributed by atoms with Gasteiger partial charge in [-0.25, -0.2) is 5.43 Å². The first-order chi connectivity index (χ1) is 16.7. The summed E-state index contributed by atoms with van der Waals surface area (Å²) in [6, 6.07) is 9.01. The van der Waals surface area contributed by atoms with Crippen molar-refractivity contribution in [2.24, 2.45) is 5.10 Å². The number of amides is 3. The Morgan fingerprint density at radius 1 is 1.03 bits per heavy atom. The number of anilines is 1. The van der Waals surface area contributed by atoms with Crippen LogP contribution < -0.4 is 25.5 Å². The summed E-state index contributed by atoms with van der Waals surface area (Å²) < 4.78 is 54.5. The minimum Gasteiger partial charge on any atom is -0.493 e. The van der Waals surface area contributed by atoms with Crippen LogP contribution in [0.4, 0.5) is 18.9 Å². The van der Waals surface area contributed by atoms with Crippen molar-refractivity contribution in [1.29, 1.82) is 0 Å². The van der Waals surface area contributed by atoms with Gasteiger partial charge in [-0.3, -0.25) is 14.4 Å². The Labute approximate surface area is 198 Å². The van der Waals surface area contributed by atoms with Gasteiger partial charge in [-0.1, -0.05) is 12.1 Å². The van der Waals surface area contributed by atoms with Crippen LogP contribution in [0.3, 0.4) is 0 Å². The van der Waals surface area contributed by atoms with Crippen LogP contribution in [0.2, 0.25) is 0 Å². The fraction of sp³-hybridized carbons (Fsp3) is 0.273. The van der Waals surface area contributed by atoms with E-state index in [-0.39, 0.29) is 30.3 Å². The van der Waals surface area contributed by atoms with E-state index in [9.17, 15) is 27.6 Å². The molecular formula is C22H23F3N4O6. The summed E-state index contributed by atoms with van der Waals surface area (Å²) in [5.74, 6) is -2.31. The zero-order valence-corrected chi connectivity index (χ0v) is 18.8. The highest BCUT2D eigenvalue weighted by atomic mass is 19.4. The molecule has 35 heavy (non-hydrogen) atoms. The van der Waals surface area contributed by atoms with Crippen LogP contribution in [0.25, 0.3) is 0 Å². The van der Waals surface area contributed by atoms with Gasteiger partial charge in [0, 0.05) is 13.7 Å². The summed E-state index contributed by atoms with van der Waals surface area (Å²) in [5.41, 5.74) is 1.15. The largest absolute Gasteiger partial charge is 0.493 e. The van der Waals surface area contributed by atoms with Crippen LogP contribution in [0.15, 0.2) is 47.6 Å². The van der Waals surface area contributed by atoms with E-state index in [1.165, 1.54) is 50.8 Å². The van der Waals surface area contributed by atoms with Gasteiger partial charge in [0.25, 0.3) is 5.91 Å². The molecule has 0 fully saturated rings. The maximum atomic E-state index is 13.1. The lowest BCUT2D eigenvalue weighted by molar-refractivity contribution is -0.139. The topological polar surface area (TPSA) is 127 Å². The van der Waals surface area contributed by atoms with Crippen molar-refractivity contribution in [1.82, 2.24) is 10.7 Å². The normalized spacial score (nSPS) is 11.1. The molecule has 0 bridgehead atoms. The Hall–Kier alpha value is -4.13. The second-order valence-corrected chi connectivity index (χ2v) is 6.74. The van der Waals surface area contributed by atoms with Gasteiger partial charge in [0.15, 0.2) is 18.1 Å². The zero-order valence-electron chi connectivity index (χ0n) is 18.8. The lowest BCUT2D eigenvalue weighted by Gasteiger charge is -2.14. The van der Waals surface area contributed by atoms with Crippen LogP contribution in [0.1, 0.15) is 11.1 Å². The number of alkyl halides is 3. The minimum absolute atomic E-state index is 0.144. The van der Waals surface area contributed by atoms with Crippen molar-refractivity contribution in [2.75, 3.05) is 39.3 Å². The number of benzene rings is 2. The number of nitrogens with zero attached hydrogens (tertiary/aromatic N) is 1. The molecule has 0 spiro atoms. The number of carbonyl (C=O) groups is 3. The number of carbonyl (C=O) groups excluding carboxylic acids is 3. The molecule has 3 N–H and O–H groups in total. The molecule has 0 heterocycles. The Kier molecular flexibility index (Phi) is 10.0. The van der Waals surface area contributed by atoms with Crippen molar-refractivity contribution in [3.63, 3.8) is 0 Å². The third-order valence-corrected chi connectivity index (χ3v) is 4.23. The van der Waals surface area contributed by atoms with E-state index in [4.69, 9.17) is 14.2 Å². The monoisotopic (exact) mass is 496 g/mol. The summed E-state index contributed by atoms with van der Waals surface area (Å²) in [5, 5.41) is 8.18. The van der Waals surface area contributed by atoms with Crippen molar-refractivity contribution >= 4 is 29.6 Å². The first kappa shape index (κ1) is 27.1. The maximum absolute atomic E-state index is 13.1. The number of para-hydroxylation sites is 1. The van der Waals surface area contributed by atoms with E-state index >= 15 is 0 Å². The Morgan fingerprint density at radius 2 is 1.77 bits per heavy atom. The lowest BCUT2D eigenvalue weighted by atomic mass is 10.1. The standard InChI is InChI=1S/C22H23F3N4O6/c1-33-10-9-26-20(31)21(32)29-27-12-14-7-8-17(18(11-14)34-2)35-13-19(30)28-16-6-4-3-5-15(16)22(23,24)25/h3-8,11-12H,9-10,13H2,1-2H3,(H,26,31)(H,28,30)(H,29,32)/b27-12-. The molecule has 188 valence electrons. The average Bonchev–Trinajstić information content (AvgIpc) is 2.82. The van der Waals surface area contributed by atoms with E-state index in [0.29, 0.717) is 5.56 Å². The zero-order chi connectivity index (χ0) is 25.8. The Balaban J connectivity index is 1.94. The van der Waals surface area contributed by atoms with Gasteiger partial charge in [0.05, 0.1) is 31.2 Å². The number of hydrogen-bond donors (Lipinski definition) is 3. The molecule has 0 aliphatic carbocycles. The van der Waals surface area contributed by atoms with Gasteiger partial charge in [-0.05, 0) is 35.9 Å². The highest BCUT2D eigenvalue weighted by molar-refractivity contribution is 6.35. The van der Waals surface area contributed by atoms with Gasteiger partial charge in [0.1, 0.15) is 0 Å². The summed E-state index contributed by atoms with van der Waals surface area (Å²) in [6.07, 6.45) is -3.38. The third kappa shape index (κ3) is 8.62. The molecule has 0 aromatic heterocycles. The van der Waals surface area contributed by atoms with Crippen LogP contribution in [0.5, 0.6) is 11.5 Å². The van der Waals surface area contributed by atoms with E-state index in [0.717, 1.165) is 12.1 Å². The number of ether oxygens (including phenoxy) is 3. The number of halogens is 3. The molecule has 0 saturated heterocycles. The van der Waals surface area contributed by atoms with Gasteiger partial charge < -0.3 is 24.8 Å². The quantitative estimate of drug-likeness (QED) is 0.200. The second kappa shape index (κ2) is 12.9. The SMILES string of the molecule is COCCNC(=O)C(=O)N/N=C\c1ccc(OCC(=O)Nc2ccccc2C(F)(F)F)c(OC)c1. The van der Waals surface area contributed by atoms with Crippen LogP contribution in [0, 0.1) is 0 Å². The van der Waals surface area contributed by atoms with E-state index in [1.54, 1.807) is 0 Å². The molecule has 0 atom stereocenters. The fourth-order valence-electron chi connectivity index (χ4n) is 2.62. The number of rotatable bonds is 10. The molecule has 0 unspecified atom stereocenters. The van der Waals surface area contributed by atoms with Crippen LogP contribution >= 0.6 is 0 Å². The first-order valence-electron chi connectivity index (χ1n) is 10.0. The van der Waals surface area contributed by atoms with E-state index < -0.39 is 36.1 Å². The molecule has 0 aliphatic rings. The van der Waals surface area contributed by atoms with Crippen molar-refractivity contribution in [3.8, 4) is 11.5 Å². The minimum atomic E-state index is -4.63. The van der Waals surface area contributed by atoms with Gasteiger partial charge in [0.2, 0.25) is 0 Å². The van der Waals surface area contributed by atoms with Gasteiger partial charge >= 0.3 is 18.0 Å². The smallest absolute Gasteiger partial charge is 0.418 e. The molecule has 0 radical (unpaired) electrons. The fourth-order valence-corrected chi connectivity index (χ4v) is 2.62. The van der Waals surface area contributed by atoms with Crippen molar-refractivity contribution < 1.29 is 41.8 Å². The van der Waals surface area contributed by atoms with Crippen LogP contribution in [-0.4, -0.2) is 57.9 Å². The summed E-state index contributed by atoms with van der Waals surface area (Å²) in [6.45, 7) is -0.165. The lowest BCUT2D eigenvalue weighted by Crippen LogP contribution is -2.39. The molecule has 0 saturated carbocycles. The highest BCUT2D eigenvalue weighted by Gasteiger charge is 2.33. The number of hydrazone groups is 1. The summed E-state index contributed by atoms with van der Waals surface area (Å²) in [7, 11) is 2.79. The molecule has 3 amide bonds. The Bertz CT molecular complexity index is 1080. The van der Waals surface area contributed by atoms with E-state index in [1.807, 2.05) is 0 Å². The van der Waals surface area contributed by atoms with Gasteiger partial charge in [-0.2, -0.15) is 18.3 Å². The van der Waals surface area contributed by atoms with Crippen LogP contribution in [-0.2, 0) is 25.3 Å². The molecular weight excluding hydrogens is 473 g/mol. The first-order valence-corrected chi connectivity index (χ1v) is 10.0. The molecule has 2 rings (SSSR count). The van der Waals surface area contributed by atoms with Crippen molar-refractivity contribution in [3.05, 3.63) is 53.6 Å². The number of methoxy groups -OCH3 is 2. The average molecular weight is 496 g/mol. The Morgan fingerprint density at radius 3 is 2.46 bits per heavy atom. The maximum Gasteiger partial charge on any atom is 0.418 e. The van der Waals surface area contributed by atoms with Gasteiger partial charge in [-0.15, -0.1) is 0 Å². The summed E-state index contributed by atoms with van der Waals surface area (Å²) in [4.78, 5) is 35.3. The molecule has 2 aromatic rings. The summed E-state index contributed by atoms with van der Waals surface area (Å²) >= 11 is 0. The third-order valence-electron chi connectivity index (χ3n) is 4.23.